The van der Waals surface area contributed by atoms with Gasteiger partial charge in [0.2, 0.25) is 11.8 Å². The van der Waals surface area contributed by atoms with Crippen molar-refractivity contribution in [2.75, 3.05) is 0 Å². The Morgan fingerprint density at radius 1 is 1.29 bits per heavy atom. The first-order chi connectivity index (χ1) is 7.75. The van der Waals surface area contributed by atoms with Gasteiger partial charge in [0.15, 0.2) is 0 Å². The molecule has 0 aromatic heterocycles. The summed E-state index contributed by atoms with van der Waals surface area (Å²) in [4.78, 5) is 34.0. The van der Waals surface area contributed by atoms with Crippen molar-refractivity contribution in [3.8, 4) is 0 Å². The van der Waals surface area contributed by atoms with Gasteiger partial charge in [-0.1, -0.05) is 0 Å². The van der Waals surface area contributed by atoms with Crippen molar-refractivity contribution < 1.29 is 19.5 Å². The van der Waals surface area contributed by atoms with Crippen LogP contribution in [0.15, 0.2) is 0 Å². The molecule has 0 aromatic rings. The van der Waals surface area contributed by atoms with E-state index in [2.05, 4.69) is 10.6 Å². The summed E-state index contributed by atoms with van der Waals surface area (Å²) in [6, 6.07) is -0.504. The van der Waals surface area contributed by atoms with Crippen LogP contribution in [0.5, 0.6) is 0 Å². The maximum atomic E-state index is 11.7. The quantitative estimate of drug-likeness (QED) is 0.586. The van der Waals surface area contributed by atoms with E-state index in [0.717, 1.165) is 12.8 Å². The van der Waals surface area contributed by atoms with E-state index in [4.69, 9.17) is 5.11 Å². The second-order valence-corrected chi connectivity index (χ2v) is 4.91. The Balaban J connectivity index is 2.49. The van der Waals surface area contributed by atoms with Gasteiger partial charge in [-0.05, 0) is 33.6 Å². The van der Waals surface area contributed by atoms with E-state index in [0.29, 0.717) is 0 Å². The average Bonchev–Trinajstić information content (AvgIpc) is 3.00. The number of hydrogen-bond donors (Lipinski definition) is 3. The summed E-state index contributed by atoms with van der Waals surface area (Å²) in [5.74, 6) is -2.16. The summed E-state index contributed by atoms with van der Waals surface area (Å²) in [6.07, 6.45) is 1.93. The zero-order valence-electron chi connectivity index (χ0n) is 10.2. The number of rotatable bonds is 5. The summed E-state index contributed by atoms with van der Waals surface area (Å²) < 4.78 is 0. The minimum Gasteiger partial charge on any atom is -0.480 e. The van der Waals surface area contributed by atoms with Gasteiger partial charge in [-0.3, -0.25) is 14.4 Å². The Hall–Kier alpha value is -1.59. The molecule has 1 rings (SSSR count). The van der Waals surface area contributed by atoms with Gasteiger partial charge >= 0.3 is 5.97 Å². The van der Waals surface area contributed by atoms with Crippen LogP contribution in [0.2, 0.25) is 0 Å². The fourth-order valence-corrected chi connectivity index (χ4v) is 1.09. The molecule has 6 nitrogen and oxygen atoms in total. The lowest BCUT2D eigenvalue weighted by Gasteiger charge is -2.21. The molecule has 0 saturated heterocycles. The molecular weight excluding hydrogens is 224 g/mol. The molecule has 17 heavy (non-hydrogen) atoms. The molecule has 0 spiro atoms. The molecule has 2 amide bonds. The molecular formula is C11H18N2O4. The number of carboxylic acid groups (broad SMARTS) is 1. The first-order valence-corrected chi connectivity index (χ1v) is 5.60. The van der Waals surface area contributed by atoms with Gasteiger partial charge in [-0.15, -0.1) is 0 Å². The third-order valence-corrected chi connectivity index (χ3v) is 2.77. The van der Waals surface area contributed by atoms with Crippen LogP contribution in [0, 0.1) is 5.41 Å². The van der Waals surface area contributed by atoms with Crippen molar-refractivity contribution in [1.29, 1.82) is 0 Å². The smallest absolute Gasteiger partial charge is 0.318 e. The van der Waals surface area contributed by atoms with Crippen molar-refractivity contribution in [3.05, 3.63) is 0 Å². The Morgan fingerprint density at radius 3 is 2.24 bits per heavy atom. The van der Waals surface area contributed by atoms with E-state index in [1.54, 1.807) is 0 Å². The number of carbonyl (C=O) groups excluding carboxylic acids is 2. The largest absolute Gasteiger partial charge is 0.480 e. The second-order valence-electron chi connectivity index (χ2n) is 4.91. The van der Waals surface area contributed by atoms with Crippen molar-refractivity contribution in [2.45, 2.75) is 45.7 Å². The first kappa shape index (κ1) is 13.5. The summed E-state index contributed by atoms with van der Waals surface area (Å²) >= 11 is 0. The molecule has 1 aliphatic carbocycles. The second kappa shape index (κ2) is 4.73. The Morgan fingerprint density at radius 2 is 1.82 bits per heavy atom. The van der Waals surface area contributed by atoms with E-state index in [1.165, 1.54) is 20.8 Å². The van der Waals surface area contributed by atoms with Crippen molar-refractivity contribution >= 4 is 17.8 Å². The summed E-state index contributed by atoms with van der Waals surface area (Å²) in [5, 5.41) is 14.0. The minimum absolute atomic E-state index is 0.217. The van der Waals surface area contributed by atoms with Crippen molar-refractivity contribution in [2.24, 2.45) is 5.41 Å². The predicted molar refractivity (Wildman–Crippen MR) is 60.2 cm³/mol. The highest BCUT2D eigenvalue weighted by Gasteiger charge is 2.37. The molecule has 3 N–H and O–H groups in total. The fraction of sp³-hybridized carbons (Fsp3) is 0.727. The van der Waals surface area contributed by atoms with Gasteiger partial charge in [0, 0.05) is 6.04 Å². The summed E-state index contributed by atoms with van der Waals surface area (Å²) in [5.41, 5.74) is -1.53. The lowest BCUT2D eigenvalue weighted by atomic mass is 9.92. The van der Waals surface area contributed by atoms with Gasteiger partial charge in [-0.25, -0.2) is 0 Å². The Bertz CT molecular complexity index is 347. The molecule has 0 aromatic carbocycles. The molecule has 1 aliphatic rings. The van der Waals surface area contributed by atoms with Crippen LogP contribution < -0.4 is 10.6 Å². The van der Waals surface area contributed by atoms with Crippen LogP contribution in [0.25, 0.3) is 0 Å². The molecule has 0 bridgehead atoms. The maximum Gasteiger partial charge on any atom is 0.318 e. The fourth-order valence-electron chi connectivity index (χ4n) is 1.09. The molecule has 0 heterocycles. The van der Waals surface area contributed by atoms with Gasteiger partial charge in [-0.2, -0.15) is 0 Å². The first-order valence-electron chi connectivity index (χ1n) is 5.60. The molecule has 6 heteroatoms. The van der Waals surface area contributed by atoms with E-state index in [-0.39, 0.29) is 11.9 Å². The van der Waals surface area contributed by atoms with Crippen LogP contribution in [0.3, 0.4) is 0 Å². The van der Waals surface area contributed by atoms with Gasteiger partial charge in [0.1, 0.15) is 11.5 Å². The molecule has 96 valence electrons. The predicted octanol–water partition coefficient (Wildman–Crippen LogP) is -0.119. The van der Waals surface area contributed by atoms with E-state index < -0.39 is 23.3 Å². The monoisotopic (exact) mass is 242 g/mol. The third-order valence-electron chi connectivity index (χ3n) is 2.77. The standard InChI is InChI=1S/C11H18N2O4/c1-6(8(14)13-7-4-5-7)12-9(15)11(2,3)10(16)17/h6-7H,4-5H2,1-3H3,(H,12,15)(H,13,14)(H,16,17). The number of amides is 2. The van der Waals surface area contributed by atoms with Gasteiger partial charge in [0.25, 0.3) is 0 Å². The van der Waals surface area contributed by atoms with Crippen LogP contribution >= 0.6 is 0 Å². The molecule has 1 saturated carbocycles. The highest BCUT2D eigenvalue weighted by Crippen LogP contribution is 2.19. The van der Waals surface area contributed by atoms with E-state index in [9.17, 15) is 14.4 Å². The average molecular weight is 242 g/mol. The molecule has 1 fully saturated rings. The van der Waals surface area contributed by atoms with Crippen LogP contribution in [0.1, 0.15) is 33.6 Å². The van der Waals surface area contributed by atoms with Crippen molar-refractivity contribution in [3.63, 3.8) is 0 Å². The summed E-state index contributed by atoms with van der Waals surface area (Å²) in [7, 11) is 0. The Labute approximate surface area is 99.8 Å². The van der Waals surface area contributed by atoms with Crippen LogP contribution in [-0.4, -0.2) is 35.0 Å². The number of hydrogen-bond acceptors (Lipinski definition) is 3. The lowest BCUT2D eigenvalue weighted by Crippen LogP contribution is -2.51. The summed E-state index contributed by atoms with van der Waals surface area (Å²) in [6.45, 7) is 4.14. The number of aliphatic carboxylic acids is 1. The third kappa shape index (κ3) is 3.44. The Kier molecular flexibility index (Phi) is 3.75. The number of carbonyl (C=O) groups is 3. The zero-order valence-corrected chi connectivity index (χ0v) is 10.2. The molecule has 1 atom stereocenters. The van der Waals surface area contributed by atoms with Gasteiger partial charge in [0.05, 0.1) is 0 Å². The SMILES string of the molecule is CC(NC(=O)C(C)(C)C(=O)O)C(=O)NC1CC1. The zero-order chi connectivity index (χ0) is 13.2. The number of carboxylic acids is 1. The van der Waals surface area contributed by atoms with Crippen LogP contribution in [0.4, 0.5) is 0 Å². The minimum atomic E-state index is -1.53. The highest BCUT2D eigenvalue weighted by atomic mass is 16.4. The van der Waals surface area contributed by atoms with E-state index >= 15 is 0 Å². The molecule has 0 radical (unpaired) electrons. The highest BCUT2D eigenvalue weighted by molar-refractivity contribution is 6.02. The normalized spacial score (nSPS) is 17.1. The molecule has 1 unspecified atom stereocenters. The van der Waals surface area contributed by atoms with Crippen molar-refractivity contribution in [1.82, 2.24) is 10.6 Å². The number of nitrogens with one attached hydrogen (secondary N) is 2. The topological polar surface area (TPSA) is 95.5 Å². The maximum absolute atomic E-state index is 11.7. The lowest BCUT2D eigenvalue weighted by molar-refractivity contribution is -0.154. The van der Waals surface area contributed by atoms with Gasteiger partial charge < -0.3 is 15.7 Å². The van der Waals surface area contributed by atoms with Crippen LogP contribution in [-0.2, 0) is 14.4 Å². The van der Waals surface area contributed by atoms with E-state index in [1.807, 2.05) is 0 Å². The molecule has 0 aliphatic heterocycles.